The SMILES string of the molecule is C.C.C.C.C.C.C.C1CO1.CC(C)(c1ccc(O)cc1)c1ccc(O)cc1.CC(C)(c1ccc(OCCOCCO)cc1)c1ccc(OCCOCCO)cc1. The zero-order chi connectivity index (χ0) is 35.5. The number of aromatic hydroxyl groups is 2. The topological polar surface area (TPSA) is 130 Å². The van der Waals surface area contributed by atoms with Gasteiger partial charge in [0.05, 0.1) is 52.9 Å². The Kier molecular flexibility index (Phi) is 34.9. The highest BCUT2D eigenvalue weighted by Crippen LogP contribution is 2.34. The molecular formula is C47H80O9. The van der Waals surface area contributed by atoms with Gasteiger partial charge in [-0.2, -0.15) is 0 Å². The van der Waals surface area contributed by atoms with E-state index < -0.39 is 0 Å². The molecule has 4 aromatic carbocycles. The summed E-state index contributed by atoms with van der Waals surface area (Å²) in [5.74, 6) is 2.14. The van der Waals surface area contributed by atoms with Gasteiger partial charge in [-0.15, -0.1) is 0 Å². The summed E-state index contributed by atoms with van der Waals surface area (Å²) in [6.07, 6.45) is 0. The van der Waals surface area contributed by atoms with Crippen molar-refractivity contribution in [3.05, 3.63) is 119 Å². The predicted molar refractivity (Wildman–Crippen MR) is 238 cm³/mol. The van der Waals surface area contributed by atoms with Crippen LogP contribution < -0.4 is 9.47 Å². The first-order chi connectivity index (χ1) is 23.6. The molecule has 1 fully saturated rings. The fourth-order valence-electron chi connectivity index (χ4n) is 4.80. The van der Waals surface area contributed by atoms with Gasteiger partial charge < -0.3 is 44.1 Å². The summed E-state index contributed by atoms with van der Waals surface area (Å²) >= 11 is 0. The lowest BCUT2D eigenvalue weighted by Gasteiger charge is -2.26. The van der Waals surface area contributed by atoms with E-state index in [1.165, 1.54) is 11.1 Å². The number of aliphatic hydroxyl groups excluding tert-OH is 2. The number of phenols is 2. The van der Waals surface area contributed by atoms with Crippen molar-refractivity contribution in [2.24, 2.45) is 0 Å². The number of benzene rings is 4. The van der Waals surface area contributed by atoms with Gasteiger partial charge in [0.1, 0.15) is 36.2 Å². The molecular weight excluding hydrogens is 709 g/mol. The monoisotopic (exact) mass is 789 g/mol. The third-order valence-corrected chi connectivity index (χ3v) is 8.00. The summed E-state index contributed by atoms with van der Waals surface area (Å²) < 4.78 is 26.2. The number of epoxide rings is 1. The minimum atomic E-state index is -0.161. The molecule has 1 aliphatic rings. The van der Waals surface area contributed by atoms with Crippen LogP contribution in [0, 0.1) is 0 Å². The molecule has 322 valence electrons. The average molecular weight is 789 g/mol. The summed E-state index contributed by atoms with van der Waals surface area (Å²) in [4.78, 5) is 0. The Morgan fingerprint density at radius 1 is 0.429 bits per heavy atom. The third kappa shape index (κ3) is 21.3. The molecule has 0 saturated carbocycles. The molecule has 9 nitrogen and oxygen atoms in total. The second-order valence-electron chi connectivity index (χ2n) is 12.4. The van der Waals surface area contributed by atoms with Gasteiger partial charge >= 0.3 is 0 Å². The van der Waals surface area contributed by atoms with Crippen molar-refractivity contribution in [2.75, 3.05) is 66.1 Å². The molecule has 0 atom stereocenters. The number of hydrogen-bond acceptors (Lipinski definition) is 9. The Morgan fingerprint density at radius 3 is 0.911 bits per heavy atom. The lowest BCUT2D eigenvalue weighted by Crippen LogP contribution is -2.18. The van der Waals surface area contributed by atoms with Crippen LogP contribution in [0.5, 0.6) is 23.0 Å². The first kappa shape index (κ1) is 61.1. The molecule has 9 heteroatoms. The number of aliphatic hydroxyl groups is 2. The summed E-state index contributed by atoms with van der Waals surface area (Å²) in [6.45, 7) is 13.1. The molecule has 4 N–H and O–H groups in total. The van der Waals surface area contributed by atoms with Crippen molar-refractivity contribution in [1.82, 2.24) is 0 Å². The Morgan fingerprint density at radius 2 is 0.679 bits per heavy atom. The van der Waals surface area contributed by atoms with Crippen molar-refractivity contribution in [3.63, 3.8) is 0 Å². The van der Waals surface area contributed by atoms with Gasteiger partial charge in [-0.3, -0.25) is 0 Å². The third-order valence-electron chi connectivity index (χ3n) is 8.00. The van der Waals surface area contributed by atoms with Gasteiger partial charge in [0.15, 0.2) is 0 Å². The first-order valence-electron chi connectivity index (χ1n) is 16.6. The molecule has 1 aliphatic heterocycles. The zero-order valence-corrected chi connectivity index (χ0v) is 29.1. The van der Waals surface area contributed by atoms with Crippen LogP contribution in [0.15, 0.2) is 97.1 Å². The Bertz CT molecular complexity index is 1340. The van der Waals surface area contributed by atoms with Crippen LogP contribution in [0.2, 0.25) is 0 Å². The fraction of sp³-hybridized carbons (Fsp3) is 0.489. The summed E-state index contributed by atoms with van der Waals surface area (Å²) in [6, 6.07) is 30.6. The van der Waals surface area contributed by atoms with E-state index in [1.54, 1.807) is 24.3 Å². The molecule has 0 radical (unpaired) electrons. The van der Waals surface area contributed by atoms with E-state index in [0.29, 0.717) is 39.6 Å². The standard InChI is InChI=1S/C23H32O6.C15H16O2.C2H4O.7CH4/c1-23(2,19-3-7-21(8-4-19)28-17-15-26-13-11-24)20-5-9-22(10-6-20)29-18-16-27-14-12-25;1-15(2,11-3-7-13(16)8-4-11)12-5-9-14(17)10-6-12;1-2-3-1;;;;;;;/h3-10,24-25H,11-18H2,1-2H3;3-10,16-17H,1-2H3;1-2H2;7*1H4. The Balaban J connectivity index is -0.000000277. The van der Waals surface area contributed by atoms with Crippen LogP contribution in [0.25, 0.3) is 0 Å². The van der Waals surface area contributed by atoms with E-state index in [-0.39, 0.29) is 87.5 Å². The molecule has 0 aliphatic carbocycles. The van der Waals surface area contributed by atoms with Crippen molar-refractivity contribution >= 4 is 0 Å². The van der Waals surface area contributed by atoms with E-state index in [9.17, 15) is 10.2 Å². The first-order valence-corrected chi connectivity index (χ1v) is 16.6. The summed E-state index contributed by atoms with van der Waals surface area (Å²) in [5, 5.41) is 36.0. The van der Waals surface area contributed by atoms with Crippen LogP contribution in [-0.4, -0.2) is 86.5 Å². The highest BCUT2D eigenvalue weighted by atomic mass is 16.6. The van der Waals surface area contributed by atoms with Crippen LogP contribution in [0.4, 0.5) is 0 Å². The van der Waals surface area contributed by atoms with Crippen molar-refractivity contribution < 1.29 is 44.1 Å². The van der Waals surface area contributed by atoms with E-state index in [2.05, 4.69) is 56.7 Å². The maximum Gasteiger partial charge on any atom is 0.119 e. The quantitative estimate of drug-likeness (QED) is 0.0647. The second kappa shape index (κ2) is 32.0. The lowest BCUT2D eigenvalue weighted by molar-refractivity contribution is 0.0705. The molecule has 4 aromatic rings. The van der Waals surface area contributed by atoms with Gasteiger partial charge in [0.2, 0.25) is 0 Å². The molecule has 5 rings (SSSR count). The molecule has 0 spiro atoms. The highest BCUT2D eigenvalue weighted by Gasteiger charge is 2.24. The zero-order valence-electron chi connectivity index (χ0n) is 29.1. The molecule has 0 bridgehead atoms. The maximum atomic E-state index is 9.30. The number of phenolic OH excluding ortho intramolecular Hbond substituents is 2. The highest BCUT2D eigenvalue weighted by molar-refractivity contribution is 5.43. The maximum absolute atomic E-state index is 9.30. The largest absolute Gasteiger partial charge is 0.508 e. The minimum absolute atomic E-state index is 0. The molecule has 0 aromatic heterocycles. The van der Waals surface area contributed by atoms with Gasteiger partial charge in [-0.05, 0) is 70.8 Å². The van der Waals surface area contributed by atoms with E-state index in [1.807, 2.05) is 48.5 Å². The Hall–Kier alpha value is -4.12. The van der Waals surface area contributed by atoms with Gasteiger partial charge in [-0.1, -0.05) is 128 Å². The van der Waals surface area contributed by atoms with E-state index >= 15 is 0 Å². The normalized spacial score (nSPS) is 10.7. The number of rotatable bonds is 16. The molecule has 0 unspecified atom stereocenters. The number of ether oxygens (including phenoxy) is 5. The molecule has 1 saturated heterocycles. The molecule has 56 heavy (non-hydrogen) atoms. The Labute approximate surface area is 342 Å². The summed E-state index contributed by atoms with van der Waals surface area (Å²) in [5.41, 5.74) is 4.31. The lowest BCUT2D eigenvalue weighted by atomic mass is 9.78. The molecule has 1 heterocycles. The van der Waals surface area contributed by atoms with Crippen molar-refractivity contribution in [2.45, 2.75) is 90.5 Å². The fourth-order valence-corrected chi connectivity index (χ4v) is 4.80. The average Bonchev–Trinajstić information content (AvgIpc) is 4.00. The van der Waals surface area contributed by atoms with E-state index in [0.717, 1.165) is 35.8 Å². The smallest absolute Gasteiger partial charge is 0.119 e. The van der Waals surface area contributed by atoms with Crippen LogP contribution >= 0.6 is 0 Å². The van der Waals surface area contributed by atoms with Crippen LogP contribution in [0.1, 0.15) is 102 Å². The predicted octanol–water partition coefficient (Wildman–Crippen LogP) is 10.7. The second-order valence-corrected chi connectivity index (χ2v) is 12.4. The number of hydrogen-bond donors (Lipinski definition) is 4. The van der Waals surface area contributed by atoms with Crippen molar-refractivity contribution in [3.8, 4) is 23.0 Å². The van der Waals surface area contributed by atoms with Crippen LogP contribution in [0.3, 0.4) is 0 Å². The summed E-state index contributed by atoms with van der Waals surface area (Å²) in [7, 11) is 0. The molecule has 0 amide bonds. The van der Waals surface area contributed by atoms with Crippen molar-refractivity contribution in [1.29, 1.82) is 0 Å². The van der Waals surface area contributed by atoms with Crippen LogP contribution in [-0.2, 0) is 25.0 Å². The van der Waals surface area contributed by atoms with Gasteiger partial charge in [-0.25, -0.2) is 0 Å². The van der Waals surface area contributed by atoms with Gasteiger partial charge in [0, 0.05) is 10.8 Å². The van der Waals surface area contributed by atoms with Gasteiger partial charge in [0.25, 0.3) is 0 Å². The minimum Gasteiger partial charge on any atom is -0.508 e. The van der Waals surface area contributed by atoms with E-state index in [4.69, 9.17) is 29.2 Å².